The molecular formula is C17H21N5O4. The molecule has 0 saturated carbocycles. The molecule has 0 aliphatic carbocycles. The van der Waals surface area contributed by atoms with Gasteiger partial charge < -0.3 is 19.7 Å². The second kappa shape index (κ2) is 7.20. The molecule has 2 amide bonds. The lowest BCUT2D eigenvalue weighted by atomic mass is 10.2. The average molecular weight is 359 g/mol. The molecule has 2 aliphatic rings. The monoisotopic (exact) mass is 359 g/mol. The summed E-state index contributed by atoms with van der Waals surface area (Å²) in [5, 5.41) is 9.22. The van der Waals surface area contributed by atoms with Gasteiger partial charge in [-0.2, -0.15) is 5.10 Å². The van der Waals surface area contributed by atoms with Gasteiger partial charge in [0.1, 0.15) is 12.4 Å². The van der Waals surface area contributed by atoms with Crippen LogP contribution in [0.25, 0.3) is 0 Å². The third-order valence-corrected chi connectivity index (χ3v) is 4.60. The maximum Gasteiger partial charge on any atom is 0.343 e. The van der Waals surface area contributed by atoms with E-state index in [1.54, 1.807) is 15.5 Å². The van der Waals surface area contributed by atoms with E-state index in [2.05, 4.69) is 15.5 Å². The maximum atomic E-state index is 12.5. The number of ether oxygens (including phenoxy) is 2. The number of aromatic nitrogens is 3. The number of aromatic amines is 1. The van der Waals surface area contributed by atoms with Crippen LogP contribution >= 0.6 is 0 Å². The number of amides is 2. The van der Waals surface area contributed by atoms with E-state index in [0.29, 0.717) is 43.5 Å². The van der Waals surface area contributed by atoms with E-state index in [-0.39, 0.29) is 17.8 Å². The minimum atomic E-state index is -0.240. The maximum absolute atomic E-state index is 12.5. The van der Waals surface area contributed by atoms with E-state index in [1.165, 1.54) is 0 Å². The van der Waals surface area contributed by atoms with Crippen LogP contribution in [0.2, 0.25) is 0 Å². The summed E-state index contributed by atoms with van der Waals surface area (Å²) in [6.07, 6.45) is 2.24. The molecule has 1 saturated heterocycles. The molecule has 0 unspecified atom stereocenters. The number of H-pyrrole nitrogens is 1. The van der Waals surface area contributed by atoms with Gasteiger partial charge >= 0.3 is 11.7 Å². The highest BCUT2D eigenvalue weighted by atomic mass is 16.5. The summed E-state index contributed by atoms with van der Waals surface area (Å²) in [5.41, 5.74) is 0.418. The highest BCUT2D eigenvalue weighted by Crippen LogP contribution is 2.20. The number of hydrogen-bond acceptors (Lipinski definition) is 5. The second-order valence-electron chi connectivity index (χ2n) is 6.42. The first-order valence-corrected chi connectivity index (χ1v) is 8.73. The van der Waals surface area contributed by atoms with Gasteiger partial charge in [0, 0.05) is 31.5 Å². The molecule has 1 aromatic heterocycles. The van der Waals surface area contributed by atoms with Crippen molar-refractivity contribution >= 4 is 11.7 Å². The molecule has 9 heteroatoms. The standard InChI is InChI=1S/C17H21N5O4/c23-16(21-6-7-22-15(10-21)19-20-17(22)24)18-12-3-1-4-13(9-12)26-11-14-5-2-8-25-14/h1,3-4,9,14H,2,5-8,10-11H2,(H,18,23)(H,20,24)/t14-/m0/s1. The third kappa shape index (κ3) is 3.57. The van der Waals surface area contributed by atoms with Gasteiger partial charge in [-0.25, -0.2) is 14.7 Å². The Hall–Kier alpha value is -2.81. The van der Waals surface area contributed by atoms with Gasteiger partial charge in [0.05, 0.1) is 12.6 Å². The van der Waals surface area contributed by atoms with Gasteiger partial charge in [-0.1, -0.05) is 6.07 Å². The summed E-state index contributed by atoms with van der Waals surface area (Å²) in [5.74, 6) is 1.25. The van der Waals surface area contributed by atoms with Crippen molar-refractivity contribution in [1.29, 1.82) is 0 Å². The highest BCUT2D eigenvalue weighted by molar-refractivity contribution is 5.89. The van der Waals surface area contributed by atoms with E-state index in [1.807, 2.05) is 18.2 Å². The Morgan fingerprint density at radius 3 is 3.19 bits per heavy atom. The first-order valence-electron chi connectivity index (χ1n) is 8.73. The Morgan fingerprint density at radius 2 is 2.35 bits per heavy atom. The lowest BCUT2D eigenvalue weighted by molar-refractivity contribution is 0.0680. The fourth-order valence-electron chi connectivity index (χ4n) is 3.18. The number of fused-ring (bicyclic) bond motifs is 1. The number of urea groups is 1. The van der Waals surface area contributed by atoms with Crippen LogP contribution in [-0.2, 0) is 17.8 Å². The fourth-order valence-corrected chi connectivity index (χ4v) is 3.18. The minimum Gasteiger partial charge on any atom is -0.491 e. The smallest absolute Gasteiger partial charge is 0.343 e. The van der Waals surface area contributed by atoms with Crippen molar-refractivity contribution in [2.24, 2.45) is 0 Å². The van der Waals surface area contributed by atoms with Crippen molar-refractivity contribution < 1.29 is 14.3 Å². The molecule has 4 rings (SSSR count). The quantitative estimate of drug-likeness (QED) is 0.853. The minimum absolute atomic E-state index is 0.146. The normalized spacial score (nSPS) is 19.2. The molecule has 0 bridgehead atoms. The number of benzene rings is 1. The van der Waals surface area contributed by atoms with Crippen LogP contribution in [0.5, 0.6) is 5.75 Å². The Morgan fingerprint density at radius 1 is 1.42 bits per heavy atom. The Kier molecular flexibility index (Phi) is 4.61. The van der Waals surface area contributed by atoms with E-state index >= 15 is 0 Å². The third-order valence-electron chi connectivity index (χ3n) is 4.60. The van der Waals surface area contributed by atoms with Gasteiger partial charge in [0.2, 0.25) is 0 Å². The van der Waals surface area contributed by atoms with Crippen LogP contribution in [0.3, 0.4) is 0 Å². The molecule has 3 heterocycles. The summed E-state index contributed by atoms with van der Waals surface area (Å²) in [6.45, 7) is 2.49. The van der Waals surface area contributed by atoms with Crippen LogP contribution in [-0.4, -0.2) is 51.6 Å². The molecule has 2 aliphatic heterocycles. The Balaban J connectivity index is 1.35. The summed E-state index contributed by atoms with van der Waals surface area (Å²) >= 11 is 0. The number of nitrogens with one attached hydrogen (secondary N) is 2. The SMILES string of the molecule is O=C(Nc1cccc(OC[C@@H]2CCCO2)c1)N1CCn2c(n[nH]c2=O)C1. The molecule has 138 valence electrons. The average Bonchev–Trinajstić information content (AvgIpc) is 3.30. The molecule has 9 nitrogen and oxygen atoms in total. The molecule has 1 fully saturated rings. The number of nitrogens with zero attached hydrogens (tertiary/aromatic N) is 3. The lowest BCUT2D eigenvalue weighted by Gasteiger charge is -2.26. The molecule has 0 spiro atoms. The van der Waals surface area contributed by atoms with Crippen molar-refractivity contribution in [3.8, 4) is 5.75 Å². The predicted molar refractivity (Wildman–Crippen MR) is 93.2 cm³/mol. The van der Waals surface area contributed by atoms with Crippen molar-refractivity contribution in [3.63, 3.8) is 0 Å². The van der Waals surface area contributed by atoms with Crippen LogP contribution in [0, 0.1) is 0 Å². The second-order valence-corrected chi connectivity index (χ2v) is 6.42. The first-order chi connectivity index (χ1) is 12.7. The molecule has 1 aromatic carbocycles. The molecule has 26 heavy (non-hydrogen) atoms. The predicted octanol–water partition coefficient (Wildman–Crippen LogP) is 1.18. The Bertz CT molecular complexity index is 840. The lowest BCUT2D eigenvalue weighted by Crippen LogP contribution is -2.42. The zero-order valence-electron chi connectivity index (χ0n) is 14.3. The summed E-state index contributed by atoms with van der Waals surface area (Å²) in [7, 11) is 0. The van der Waals surface area contributed by atoms with E-state index < -0.39 is 0 Å². The van der Waals surface area contributed by atoms with Crippen molar-refractivity contribution in [3.05, 3.63) is 40.6 Å². The van der Waals surface area contributed by atoms with Crippen LogP contribution in [0.1, 0.15) is 18.7 Å². The number of carbonyl (C=O) groups is 1. The molecular weight excluding hydrogens is 338 g/mol. The van der Waals surface area contributed by atoms with Gasteiger partial charge in [-0.05, 0) is 25.0 Å². The molecule has 2 aromatic rings. The molecule has 1 atom stereocenters. The van der Waals surface area contributed by atoms with Gasteiger partial charge in [0.15, 0.2) is 5.82 Å². The fraction of sp³-hybridized carbons (Fsp3) is 0.471. The summed E-state index contributed by atoms with van der Waals surface area (Å²) in [4.78, 5) is 25.6. The zero-order valence-corrected chi connectivity index (χ0v) is 14.3. The summed E-state index contributed by atoms with van der Waals surface area (Å²) < 4.78 is 12.9. The van der Waals surface area contributed by atoms with Crippen LogP contribution in [0.15, 0.2) is 29.1 Å². The molecule has 2 N–H and O–H groups in total. The van der Waals surface area contributed by atoms with Crippen molar-refractivity contribution in [2.45, 2.75) is 32.0 Å². The molecule has 0 radical (unpaired) electrons. The Labute approximate surface area is 149 Å². The number of hydrogen-bond donors (Lipinski definition) is 2. The van der Waals surface area contributed by atoms with Crippen molar-refractivity contribution in [2.75, 3.05) is 25.1 Å². The first kappa shape index (κ1) is 16.6. The van der Waals surface area contributed by atoms with Gasteiger partial charge in [-0.15, -0.1) is 0 Å². The number of anilines is 1. The van der Waals surface area contributed by atoms with E-state index in [0.717, 1.165) is 19.4 Å². The topological polar surface area (TPSA) is 101 Å². The largest absolute Gasteiger partial charge is 0.491 e. The van der Waals surface area contributed by atoms with Crippen LogP contribution in [0.4, 0.5) is 10.5 Å². The van der Waals surface area contributed by atoms with E-state index in [4.69, 9.17) is 9.47 Å². The van der Waals surface area contributed by atoms with Crippen molar-refractivity contribution in [1.82, 2.24) is 19.7 Å². The van der Waals surface area contributed by atoms with Gasteiger partial charge in [-0.3, -0.25) is 4.57 Å². The number of carbonyl (C=O) groups excluding carboxylic acids is 1. The summed E-state index contributed by atoms with van der Waals surface area (Å²) in [6, 6.07) is 7.06. The highest BCUT2D eigenvalue weighted by Gasteiger charge is 2.23. The van der Waals surface area contributed by atoms with Crippen LogP contribution < -0.4 is 15.7 Å². The van der Waals surface area contributed by atoms with E-state index in [9.17, 15) is 9.59 Å². The van der Waals surface area contributed by atoms with Gasteiger partial charge in [0.25, 0.3) is 0 Å². The zero-order chi connectivity index (χ0) is 17.9. The number of rotatable bonds is 4.